The molecule has 0 radical (unpaired) electrons. The maximum Gasteiger partial charge on any atom is 0.268 e. The highest BCUT2D eigenvalue weighted by Gasteiger charge is 2.40. The predicted molar refractivity (Wildman–Crippen MR) is 192 cm³/mol. The number of benzene rings is 6. The second-order valence-electron chi connectivity index (χ2n) is 12.5. The number of rotatable bonds is 6. The first kappa shape index (κ1) is 30.0. The molecular weight excluding hydrogens is 608 g/mol. The number of anilines is 1. The van der Waals surface area contributed by atoms with E-state index in [0.29, 0.717) is 61.0 Å². The van der Waals surface area contributed by atoms with E-state index in [2.05, 4.69) is 0 Å². The van der Waals surface area contributed by atoms with Crippen molar-refractivity contribution >= 4 is 50.9 Å². The van der Waals surface area contributed by atoms with Gasteiger partial charge >= 0.3 is 0 Å². The highest BCUT2D eigenvalue weighted by atomic mass is 16.2. The number of amides is 2. The quantitative estimate of drug-likeness (QED) is 0.135. The van der Waals surface area contributed by atoms with E-state index in [-0.39, 0.29) is 17.1 Å². The van der Waals surface area contributed by atoms with Crippen molar-refractivity contribution in [1.29, 1.82) is 0 Å². The molecule has 0 aliphatic carbocycles. The molecule has 0 fully saturated rings. The van der Waals surface area contributed by atoms with Gasteiger partial charge in [0.05, 0.1) is 33.5 Å². The number of carbonyl (C=O) groups is 4. The van der Waals surface area contributed by atoms with E-state index in [1.165, 1.54) is 4.90 Å². The van der Waals surface area contributed by atoms with E-state index in [0.717, 1.165) is 16.7 Å². The van der Waals surface area contributed by atoms with E-state index in [4.69, 9.17) is 0 Å². The summed E-state index contributed by atoms with van der Waals surface area (Å²) in [6.07, 6.45) is 0. The third-order valence-corrected chi connectivity index (χ3v) is 9.37. The summed E-state index contributed by atoms with van der Waals surface area (Å²) in [7, 11) is 0. The van der Waals surface area contributed by atoms with Crippen LogP contribution in [0.1, 0.15) is 69.2 Å². The maximum atomic E-state index is 14.5. The molecule has 1 aliphatic rings. The largest absolute Gasteiger partial charge is 0.308 e. The zero-order chi connectivity index (χ0) is 34.0. The van der Waals surface area contributed by atoms with Crippen molar-refractivity contribution in [2.75, 3.05) is 4.90 Å². The lowest BCUT2D eigenvalue weighted by molar-refractivity contribution is 0.0923. The molecule has 6 aromatic carbocycles. The van der Waals surface area contributed by atoms with Crippen LogP contribution in [0.25, 0.3) is 27.5 Å². The minimum Gasteiger partial charge on any atom is -0.308 e. The van der Waals surface area contributed by atoms with E-state index >= 15 is 0 Å². The van der Waals surface area contributed by atoms with Crippen LogP contribution < -0.4 is 4.90 Å². The molecule has 6 heteroatoms. The summed E-state index contributed by atoms with van der Waals surface area (Å²) in [5.74, 6) is -1.19. The van der Waals surface area contributed by atoms with Gasteiger partial charge in [-0.2, -0.15) is 0 Å². The fourth-order valence-corrected chi connectivity index (χ4v) is 7.42. The molecule has 0 saturated carbocycles. The van der Waals surface area contributed by atoms with Gasteiger partial charge in [-0.25, -0.2) is 4.90 Å². The highest BCUT2D eigenvalue weighted by molar-refractivity contribution is 6.36. The normalized spacial score (nSPS) is 12.6. The molecule has 1 aromatic heterocycles. The van der Waals surface area contributed by atoms with Gasteiger partial charge in [-0.15, -0.1) is 0 Å². The summed E-state index contributed by atoms with van der Waals surface area (Å²) in [6.45, 7) is 5.80. The average Bonchev–Trinajstić information content (AvgIpc) is 3.59. The van der Waals surface area contributed by atoms with E-state index in [9.17, 15) is 19.2 Å². The second-order valence-corrected chi connectivity index (χ2v) is 12.5. The molecule has 2 heterocycles. The number of ketones is 2. The molecule has 0 bridgehead atoms. The average molecular weight is 639 g/mol. The SMILES string of the molecule is Cc1cc(C)c(N2C(=O)c3cccc(-n4c5cccc(C(=O)c6ccccc6)c5c5c(C(=O)c6ccccc6)cccc54)c3C2=O)c(C)c1. The number of imide groups is 1. The standard InChI is InChI=1S/C43H30N2O4/c1-25-23-26(2)39(27(3)24-25)45-42(48)32-19-12-22-35(38(32)43(45)49)44-33-20-10-17-30(40(46)28-13-6-4-7-14-28)36(33)37-31(18-11-21-34(37)44)41(47)29-15-8-5-9-16-29/h4-24H,1-3H3. The van der Waals surface area contributed by atoms with Gasteiger partial charge in [-0.1, -0.05) is 109 Å². The molecule has 7 aromatic rings. The van der Waals surface area contributed by atoms with Crippen molar-refractivity contribution in [2.45, 2.75) is 20.8 Å². The van der Waals surface area contributed by atoms with Crippen LogP contribution in [0.4, 0.5) is 5.69 Å². The molecule has 0 saturated heterocycles. The number of aryl methyl sites for hydroxylation is 3. The Balaban J connectivity index is 1.44. The van der Waals surface area contributed by atoms with Crippen LogP contribution in [0.3, 0.4) is 0 Å². The number of nitrogens with zero attached hydrogens (tertiary/aromatic N) is 2. The van der Waals surface area contributed by atoms with E-state index in [1.807, 2.05) is 104 Å². The summed E-state index contributed by atoms with van der Waals surface area (Å²) in [6, 6.07) is 38.3. The van der Waals surface area contributed by atoms with Gasteiger partial charge in [0.2, 0.25) is 0 Å². The van der Waals surface area contributed by atoms with Crippen LogP contribution in [-0.2, 0) is 0 Å². The number of hydrogen-bond acceptors (Lipinski definition) is 4. The van der Waals surface area contributed by atoms with Gasteiger partial charge in [-0.05, 0) is 56.2 Å². The molecule has 2 amide bonds. The van der Waals surface area contributed by atoms with E-state index in [1.54, 1.807) is 48.5 Å². The molecule has 6 nitrogen and oxygen atoms in total. The first-order valence-electron chi connectivity index (χ1n) is 16.1. The van der Waals surface area contributed by atoms with Crippen LogP contribution in [0, 0.1) is 20.8 Å². The van der Waals surface area contributed by atoms with Gasteiger partial charge in [-0.3, -0.25) is 19.2 Å². The lowest BCUT2D eigenvalue weighted by Gasteiger charge is -2.20. The van der Waals surface area contributed by atoms with Crippen molar-refractivity contribution in [3.05, 3.63) is 177 Å². The van der Waals surface area contributed by atoms with Crippen molar-refractivity contribution < 1.29 is 19.2 Å². The number of hydrogen-bond donors (Lipinski definition) is 0. The maximum absolute atomic E-state index is 14.5. The molecule has 0 N–H and O–H groups in total. The van der Waals surface area contributed by atoms with Crippen LogP contribution in [0.2, 0.25) is 0 Å². The van der Waals surface area contributed by atoms with Crippen molar-refractivity contribution in [3.8, 4) is 5.69 Å². The van der Waals surface area contributed by atoms with Crippen LogP contribution in [0.5, 0.6) is 0 Å². The topological polar surface area (TPSA) is 76.5 Å². The van der Waals surface area contributed by atoms with Crippen molar-refractivity contribution in [1.82, 2.24) is 4.57 Å². The molecule has 0 atom stereocenters. The minimum absolute atomic E-state index is 0.187. The summed E-state index contributed by atoms with van der Waals surface area (Å²) in [4.78, 5) is 58.2. The van der Waals surface area contributed by atoms with Gasteiger partial charge in [0, 0.05) is 33.0 Å². The van der Waals surface area contributed by atoms with Crippen LogP contribution in [-0.4, -0.2) is 27.9 Å². The molecule has 49 heavy (non-hydrogen) atoms. The minimum atomic E-state index is -0.423. The van der Waals surface area contributed by atoms with Gasteiger partial charge in [0.1, 0.15) is 0 Å². The van der Waals surface area contributed by atoms with Crippen LogP contribution >= 0.6 is 0 Å². The van der Waals surface area contributed by atoms with Gasteiger partial charge in [0.25, 0.3) is 11.8 Å². The zero-order valence-corrected chi connectivity index (χ0v) is 27.2. The lowest BCUT2D eigenvalue weighted by Crippen LogP contribution is -2.31. The second kappa shape index (κ2) is 11.4. The van der Waals surface area contributed by atoms with Gasteiger partial charge < -0.3 is 4.57 Å². The predicted octanol–water partition coefficient (Wildman–Crippen LogP) is 8.97. The smallest absolute Gasteiger partial charge is 0.268 e. The Morgan fingerprint density at radius 3 is 1.53 bits per heavy atom. The first-order valence-corrected chi connectivity index (χ1v) is 16.1. The van der Waals surface area contributed by atoms with Crippen LogP contribution in [0.15, 0.2) is 127 Å². The number of fused-ring (bicyclic) bond motifs is 4. The Kier molecular flexibility index (Phi) is 6.96. The Bertz CT molecular complexity index is 2410. The molecule has 1 aliphatic heterocycles. The Labute approximate surface area is 282 Å². The first-order chi connectivity index (χ1) is 23.8. The monoisotopic (exact) mass is 638 g/mol. The molecular formula is C43H30N2O4. The number of aromatic nitrogens is 1. The zero-order valence-electron chi connectivity index (χ0n) is 27.2. The summed E-state index contributed by atoms with van der Waals surface area (Å²) in [5, 5.41) is 1.20. The van der Waals surface area contributed by atoms with Crippen molar-refractivity contribution in [3.63, 3.8) is 0 Å². The fourth-order valence-electron chi connectivity index (χ4n) is 7.42. The third-order valence-electron chi connectivity index (χ3n) is 9.37. The molecule has 0 unspecified atom stereocenters. The summed E-state index contributed by atoms with van der Waals surface area (Å²) in [5.41, 5.74) is 7.53. The molecule has 8 rings (SSSR count). The van der Waals surface area contributed by atoms with Crippen molar-refractivity contribution in [2.24, 2.45) is 0 Å². The Morgan fingerprint density at radius 2 is 1.02 bits per heavy atom. The Morgan fingerprint density at radius 1 is 0.531 bits per heavy atom. The third kappa shape index (κ3) is 4.56. The summed E-state index contributed by atoms with van der Waals surface area (Å²) < 4.78 is 1.91. The Hall–Kier alpha value is -6.40. The highest BCUT2D eigenvalue weighted by Crippen LogP contribution is 2.41. The molecule has 236 valence electrons. The number of carbonyl (C=O) groups excluding carboxylic acids is 4. The summed E-state index contributed by atoms with van der Waals surface area (Å²) >= 11 is 0. The fraction of sp³-hybridized carbons (Fsp3) is 0.0698. The van der Waals surface area contributed by atoms with Gasteiger partial charge in [0.15, 0.2) is 11.6 Å². The molecule has 0 spiro atoms. The lowest BCUT2D eigenvalue weighted by atomic mass is 9.94. The van der Waals surface area contributed by atoms with E-state index < -0.39 is 11.8 Å².